The van der Waals surface area contributed by atoms with Gasteiger partial charge in [0, 0.05) is 45.0 Å². The number of anilines is 6. The van der Waals surface area contributed by atoms with Crippen molar-refractivity contribution in [2.45, 2.75) is 93.9 Å². The standard InChI is InChI=1S/C72H64F2N2/c1-41-23-42(2)28-55(27-41)75(56-29-43(3)24-44(4)30-56)53-19-21-59-63(37-53)71(9,10)65-39-61-62(67(69(59)65)49-15-13-17-51(73)35-49)40-66-70(68(61)50-16-14-18-52(74)36-50)60-22-20-54(38-64(60)72(66,11)12)76(57-31-45(5)25-46(6)32-57)58-33-47(7)26-48(8)34-58/h13-40H,1-12H3. The number of halogens is 2. The summed E-state index contributed by atoms with van der Waals surface area (Å²) in [5.74, 6) is -0.588. The second-order valence-corrected chi connectivity index (χ2v) is 23.2. The Morgan fingerprint density at radius 3 is 0.882 bits per heavy atom. The van der Waals surface area contributed by atoms with E-state index in [0.717, 1.165) is 101 Å². The minimum absolute atomic E-state index is 0.294. The second-order valence-electron chi connectivity index (χ2n) is 23.2. The van der Waals surface area contributed by atoms with Gasteiger partial charge in [-0.05, 0) is 287 Å². The summed E-state index contributed by atoms with van der Waals surface area (Å²) in [5.41, 5.74) is 27.9. The van der Waals surface area contributed by atoms with Gasteiger partial charge in [0.15, 0.2) is 0 Å². The topological polar surface area (TPSA) is 6.48 Å². The molecule has 0 aromatic heterocycles. The Morgan fingerprint density at radius 2 is 0.592 bits per heavy atom. The van der Waals surface area contributed by atoms with E-state index in [-0.39, 0.29) is 11.6 Å². The molecule has 2 aliphatic carbocycles. The van der Waals surface area contributed by atoms with Crippen LogP contribution in [0.5, 0.6) is 0 Å². The van der Waals surface area contributed by atoms with Crippen molar-refractivity contribution in [2.75, 3.05) is 9.80 Å². The van der Waals surface area contributed by atoms with Crippen molar-refractivity contribution < 1.29 is 8.78 Å². The van der Waals surface area contributed by atoms with Gasteiger partial charge in [0.2, 0.25) is 0 Å². The van der Waals surface area contributed by atoms with Gasteiger partial charge in [0.05, 0.1) is 0 Å². The molecule has 0 aliphatic heterocycles. The lowest BCUT2D eigenvalue weighted by Crippen LogP contribution is -2.17. The molecule has 12 rings (SSSR count). The Morgan fingerprint density at radius 1 is 0.289 bits per heavy atom. The van der Waals surface area contributed by atoms with Crippen LogP contribution in [0.3, 0.4) is 0 Å². The van der Waals surface area contributed by atoms with E-state index < -0.39 is 10.8 Å². The van der Waals surface area contributed by atoms with Crippen molar-refractivity contribution in [3.63, 3.8) is 0 Å². The summed E-state index contributed by atoms with van der Waals surface area (Å²) in [6, 6.07) is 59.9. The number of nitrogens with zero attached hydrogens (tertiary/aromatic N) is 2. The van der Waals surface area contributed by atoms with Crippen LogP contribution in [0.15, 0.2) is 170 Å². The van der Waals surface area contributed by atoms with E-state index in [0.29, 0.717) is 0 Å². The highest BCUT2D eigenvalue weighted by Gasteiger charge is 2.43. The average molecular weight is 995 g/mol. The van der Waals surface area contributed by atoms with Gasteiger partial charge in [-0.25, -0.2) is 8.78 Å². The minimum Gasteiger partial charge on any atom is -0.310 e. The first-order chi connectivity index (χ1) is 36.2. The molecule has 0 spiro atoms. The summed E-state index contributed by atoms with van der Waals surface area (Å²) < 4.78 is 31.9. The fourth-order valence-electron chi connectivity index (χ4n) is 13.3. The zero-order valence-electron chi connectivity index (χ0n) is 45.8. The number of fused-ring (bicyclic) bond motifs is 7. The Bertz CT molecular complexity index is 3630. The van der Waals surface area contributed by atoms with Crippen LogP contribution in [0.2, 0.25) is 0 Å². The Kier molecular flexibility index (Phi) is 11.4. The average Bonchev–Trinajstić information content (AvgIpc) is 3.73. The fourth-order valence-corrected chi connectivity index (χ4v) is 13.3. The predicted octanol–water partition coefficient (Wildman–Crippen LogP) is 20.5. The molecule has 0 saturated heterocycles. The highest BCUT2D eigenvalue weighted by molar-refractivity contribution is 6.17. The van der Waals surface area contributed by atoms with Crippen LogP contribution in [-0.2, 0) is 10.8 Å². The summed E-state index contributed by atoms with van der Waals surface area (Å²) in [6.45, 7) is 26.6. The van der Waals surface area contributed by atoms with Gasteiger partial charge < -0.3 is 9.80 Å². The van der Waals surface area contributed by atoms with Crippen molar-refractivity contribution in [1.82, 2.24) is 0 Å². The molecule has 76 heavy (non-hydrogen) atoms. The van der Waals surface area contributed by atoms with Crippen LogP contribution < -0.4 is 9.80 Å². The maximum atomic E-state index is 15.9. The molecule has 0 N–H and O–H groups in total. The summed E-state index contributed by atoms with van der Waals surface area (Å²) in [5, 5.41) is 2.02. The van der Waals surface area contributed by atoms with E-state index in [1.807, 2.05) is 12.1 Å². The molecule has 376 valence electrons. The third-order valence-electron chi connectivity index (χ3n) is 16.3. The fraction of sp³-hybridized carbons (Fsp3) is 0.194. The molecular weight excluding hydrogens is 931 g/mol. The predicted molar refractivity (Wildman–Crippen MR) is 317 cm³/mol. The molecule has 0 atom stereocenters. The normalized spacial score (nSPS) is 13.6. The summed E-state index contributed by atoms with van der Waals surface area (Å²) in [6.07, 6.45) is 0. The minimum atomic E-state index is -0.496. The molecule has 10 aromatic carbocycles. The van der Waals surface area contributed by atoms with E-state index in [9.17, 15) is 0 Å². The molecule has 0 radical (unpaired) electrons. The monoisotopic (exact) mass is 995 g/mol. The van der Waals surface area contributed by atoms with Gasteiger partial charge in [0.1, 0.15) is 11.6 Å². The van der Waals surface area contributed by atoms with E-state index in [4.69, 9.17) is 0 Å². The Hall–Kier alpha value is -8.08. The molecule has 0 saturated carbocycles. The van der Waals surface area contributed by atoms with Crippen molar-refractivity contribution >= 4 is 44.9 Å². The first-order valence-electron chi connectivity index (χ1n) is 26.7. The van der Waals surface area contributed by atoms with Crippen molar-refractivity contribution in [2.24, 2.45) is 0 Å². The van der Waals surface area contributed by atoms with E-state index in [1.54, 1.807) is 12.1 Å². The molecule has 2 aliphatic rings. The van der Waals surface area contributed by atoms with Crippen LogP contribution >= 0.6 is 0 Å². The quantitative estimate of drug-likeness (QED) is 0.150. The summed E-state index contributed by atoms with van der Waals surface area (Å²) >= 11 is 0. The van der Waals surface area contributed by atoms with Gasteiger partial charge in [-0.3, -0.25) is 0 Å². The maximum absolute atomic E-state index is 15.9. The van der Waals surface area contributed by atoms with Crippen LogP contribution in [0.4, 0.5) is 42.9 Å². The molecular formula is C72H64F2N2. The largest absolute Gasteiger partial charge is 0.310 e. The highest BCUT2D eigenvalue weighted by Crippen LogP contribution is 2.61. The van der Waals surface area contributed by atoms with Crippen LogP contribution in [-0.4, -0.2) is 0 Å². The first kappa shape index (κ1) is 48.8. The van der Waals surface area contributed by atoms with Gasteiger partial charge in [0.25, 0.3) is 0 Å². The molecule has 2 nitrogen and oxygen atoms in total. The first-order valence-corrected chi connectivity index (χ1v) is 26.7. The third-order valence-corrected chi connectivity index (χ3v) is 16.3. The van der Waals surface area contributed by atoms with Gasteiger partial charge in [-0.1, -0.05) is 88.4 Å². The Labute approximate surface area is 448 Å². The van der Waals surface area contributed by atoms with Crippen molar-refractivity contribution in [3.05, 3.63) is 248 Å². The number of rotatable bonds is 8. The lowest BCUT2D eigenvalue weighted by molar-refractivity contribution is 0.628. The lowest BCUT2D eigenvalue weighted by Gasteiger charge is -2.29. The van der Waals surface area contributed by atoms with E-state index >= 15 is 8.78 Å². The van der Waals surface area contributed by atoms with Crippen LogP contribution in [0.25, 0.3) is 55.3 Å². The highest BCUT2D eigenvalue weighted by atomic mass is 19.1. The molecule has 0 bridgehead atoms. The molecule has 10 aromatic rings. The van der Waals surface area contributed by atoms with E-state index in [1.165, 1.54) is 67.8 Å². The van der Waals surface area contributed by atoms with Gasteiger partial charge in [-0.15, -0.1) is 0 Å². The number of aryl methyl sites for hydroxylation is 8. The summed E-state index contributed by atoms with van der Waals surface area (Å²) in [4.78, 5) is 4.79. The van der Waals surface area contributed by atoms with Gasteiger partial charge in [-0.2, -0.15) is 0 Å². The maximum Gasteiger partial charge on any atom is 0.123 e. The van der Waals surface area contributed by atoms with Crippen LogP contribution in [0, 0.1) is 67.0 Å². The van der Waals surface area contributed by atoms with Gasteiger partial charge >= 0.3 is 0 Å². The molecule has 0 amide bonds. The lowest BCUT2D eigenvalue weighted by atomic mass is 9.76. The molecule has 4 heteroatoms. The van der Waals surface area contributed by atoms with Crippen molar-refractivity contribution in [3.8, 4) is 44.5 Å². The van der Waals surface area contributed by atoms with E-state index in [2.05, 4.69) is 226 Å². The molecule has 0 fully saturated rings. The number of hydrogen-bond donors (Lipinski definition) is 0. The molecule has 0 unspecified atom stereocenters. The Balaban J connectivity index is 1.13. The smallest absolute Gasteiger partial charge is 0.123 e. The molecule has 0 heterocycles. The SMILES string of the molecule is Cc1cc(C)cc(N(c2cc(C)cc(C)c2)c2ccc3c(c2)C(C)(C)c2cc4c(-c5cccc(F)c5)c5c(cc4c(-c4cccc(F)c4)c2-3)C(C)(C)c2cc(N(c3cc(C)cc(C)c3)c3cc(C)cc(C)c3)ccc2-5)c1. The summed E-state index contributed by atoms with van der Waals surface area (Å²) in [7, 11) is 0. The number of hydrogen-bond acceptors (Lipinski definition) is 2. The third kappa shape index (κ3) is 8.04. The van der Waals surface area contributed by atoms with Crippen LogP contribution in [0.1, 0.15) is 94.5 Å². The van der Waals surface area contributed by atoms with Crippen molar-refractivity contribution in [1.29, 1.82) is 0 Å². The second kappa shape index (κ2) is 17.8. The zero-order chi connectivity index (χ0) is 53.3. The zero-order valence-corrected chi connectivity index (χ0v) is 45.8. The number of benzene rings is 10.